The van der Waals surface area contributed by atoms with Crippen LogP contribution in [-0.4, -0.2) is 21.8 Å². The fourth-order valence-electron chi connectivity index (χ4n) is 2.67. The van der Waals surface area contributed by atoms with Crippen molar-refractivity contribution in [2.24, 2.45) is 11.3 Å². The van der Waals surface area contributed by atoms with Crippen molar-refractivity contribution in [3.8, 4) is 0 Å². The Hall–Kier alpha value is -1.09. The zero-order chi connectivity index (χ0) is 13.1. The minimum atomic E-state index is -0.974. The summed E-state index contributed by atoms with van der Waals surface area (Å²) in [4.78, 5) is 10.3. The number of hydrogen-bond acceptors (Lipinski definition) is 2. The first-order valence-electron chi connectivity index (χ1n) is 6.11. The number of aliphatic carboxylic acids is 1. The molecule has 96 valence electrons. The summed E-state index contributed by atoms with van der Waals surface area (Å²) >= 11 is 0. The highest BCUT2D eigenvalue weighted by atomic mass is 16.4. The summed E-state index contributed by atoms with van der Waals surface area (Å²) in [5, 5.41) is 19.3. The normalized spacial score (nSPS) is 33.3. The largest absolute Gasteiger partial charge is 0.478 e. The molecule has 0 radical (unpaired) electrons. The number of hydrogen-bond donors (Lipinski definition) is 2. The average Bonchev–Trinajstić information content (AvgIpc) is 2.21. The molecule has 1 aliphatic carbocycles. The highest BCUT2D eigenvalue weighted by Crippen LogP contribution is 2.47. The maximum absolute atomic E-state index is 10.8. The van der Waals surface area contributed by atoms with Gasteiger partial charge in [-0.05, 0) is 24.2 Å². The van der Waals surface area contributed by atoms with Crippen LogP contribution in [0.25, 0.3) is 0 Å². The van der Waals surface area contributed by atoms with Gasteiger partial charge in [0.2, 0.25) is 0 Å². The van der Waals surface area contributed by atoms with Gasteiger partial charge in [-0.1, -0.05) is 45.4 Å². The second-order valence-corrected chi connectivity index (χ2v) is 5.56. The van der Waals surface area contributed by atoms with Gasteiger partial charge in [0.15, 0.2) is 0 Å². The van der Waals surface area contributed by atoms with E-state index in [-0.39, 0.29) is 11.3 Å². The zero-order valence-electron chi connectivity index (χ0n) is 10.8. The molecule has 3 heteroatoms. The Morgan fingerprint density at radius 1 is 1.35 bits per heavy atom. The smallest absolute Gasteiger partial charge is 0.328 e. The third-order valence-corrected chi connectivity index (χ3v) is 3.97. The minimum Gasteiger partial charge on any atom is -0.478 e. The van der Waals surface area contributed by atoms with Crippen LogP contribution in [0.2, 0.25) is 0 Å². The number of rotatable bonds is 3. The van der Waals surface area contributed by atoms with Crippen molar-refractivity contribution in [2.75, 3.05) is 0 Å². The second kappa shape index (κ2) is 5.05. The molecule has 2 N–H and O–H groups in total. The number of carboxylic acids is 1. The van der Waals surface area contributed by atoms with E-state index in [0.717, 1.165) is 25.3 Å². The first kappa shape index (κ1) is 14.0. The van der Waals surface area contributed by atoms with Gasteiger partial charge in [0.1, 0.15) is 0 Å². The second-order valence-electron chi connectivity index (χ2n) is 5.56. The summed E-state index contributed by atoms with van der Waals surface area (Å²) in [5.41, 5.74) is -1.02. The fourth-order valence-corrected chi connectivity index (χ4v) is 2.67. The number of aliphatic hydroxyl groups is 1. The lowest BCUT2D eigenvalue weighted by molar-refractivity contribution is -0.131. The molecule has 0 aromatic rings. The molecule has 1 aliphatic rings. The molecule has 0 amide bonds. The van der Waals surface area contributed by atoms with Crippen LogP contribution < -0.4 is 0 Å². The van der Waals surface area contributed by atoms with Crippen LogP contribution >= 0.6 is 0 Å². The Morgan fingerprint density at radius 2 is 2.00 bits per heavy atom. The summed E-state index contributed by atoms with van der Waals surface area (Å²) in [6.45, 7) is 6.17. The highest BCUT2D eigenvalue weighted by molar-refractivity contribution is 5.80. The maximum atomic E-state index is 10.8. The van der Waals surface area contributed by atoms with Gasteiger partial charge < -0.3 is 10.2 Å². The van der Waals surface area contributed by atoms with Crippen LogP contribution in [0.1, 0.15) is 40.0 Å². The van der Waals surface area contributed by atoms with Crippen molar-refractivity contribution < 1.29 is 15.0 Å². The predicted octanol–water partition coefficient (Wildman–Crippen LogP) is 2.76. The van der Waals surface area contributed by atoms with Gasteiger partial charge in [0.25, 0.3) is 0 Å². The SMILES string of the molecule is C[C@@H]1CCCC(C)(C)[C@]1(O)C=CC=CC(=O)O. The Kier molecular flexibility index (Phi) is 4.15. The van der Waals surface area contributed by atoms with Gasteiger partial charge >= 0.3 is 5.97 Å². The van der Waals surface area contributed by atoms with E-state index >= 15 is 0 Å². The van der Waals surface area contributed by atoms with Gasteiger partial charge in [-0.3, -0.25) is 0 Å². The van der Waals surface area contributed by atoms with Crippen molar-refractivity contribution in [2.45, 2.75) is 45.6 Å². The van der Waals surface area contributed by atoms with Crippen LogP contribution in [-0.2, 0) is 4.79 Å². The Labute approximate surface area is 103 Å². The summed E-state index contributed by atoms with van der Waals surface area (Å²) in [6, 6.07) is 0. The summed E-state index contributed by atoms with van der Waals surface area (Å²) in [6.07, 6.45) is 9.04. The molecular formula is C14H22O3. The van der Waals surface area contributed by atoms with Crippen LogP contribution in [0, 0.1) is 11.3 Å². The van der Waals surface area contributed by atoms with Crippen molar-refractivity contribution >= 4 is 5.97 Å². The lowest BCUT2D eigenvalue weighted by Crippen LogP contribution is -2.50. The molecule has 0 bridgehead atoms. The van der Waals surface area contributed by atoms with Crippen LogP contribution in [0.15, 0.2) is 24.3 Å². The Morgan fingerprint density at radius 3 is 2.53 bits per heavy atom. The van der Waals surface area contributed by atoms with Gasteiger partial charge in [-0.2, -0.15) is 0 Å². The Balaban J connectivity index is 2.86. The average molecular weight is 238 g/mol. The van der Waals surface area contributed by atoms with E-state index in [1.807, 2.05) is 6.92 Å². The van der Waals surface area contributed by atoms with Gasteiger partial charge in [-0.15, -0.1) is 0 Å². The molecule has 0 saturated heterocycles. The first-order valence-corrected chi connectivity index (χ1v) is 6.11. The third-order valence-electron chi connectivity index (χ3n) is 3.97. The van der Waals surface area contributed by atoms with E-state index in [1.54, 1.807) is 12.2 Å². The summed E-state index contributed by atoms with van der Waals surface area (Å²) in [5.74, 6) is -0.779. The lowest BCUT2D eigenvalue weighted by atomic mass is 9.60. The molecule has 17 heavy (non-hydrogen) atoms. The molecule has 3 nitrogen and oxygen atoms in total. The van der Waals surface area contributed by atoms with Crippen molar-refractivity contribution in [1.82, 2.24) is 0 Å². The van der Waals surface area contributed by atoms with E-state index in [1.165, 1.54) is 6.08 Å². The molecule has 2 atom stereocenters. The first-order chi connectivity index (χ1) is 7.79. The fraction of sp³-hybridized carbons (Fsp3) is 0.643. The maximum Gasteiger partial charge on any atom is 0.328 e. The van der Waals surface area contributed by atoms with Gasteiger partial charge in [0.05, 0.1) is 5.60 Å². The molecule has 1 rings (SSSR count). The van der Waals surface area contributed by atoms with Crippen LogP contribution in [0.4, 0.5) is 0 Å². The molecule has 0 aliphatic heterocycles. The predicted molar refractivity (Wildman–Crippen MR) is 67.7 cm³/mol. The lowest BCUT2D eigenvalue weighted by Gasteiger charge is -2.49. The molecule has 0 heterocycles. The van der Waals surface area contributed by atoms with Crippen molar-refractivity contribution in [3.05, 3.63) is 24.3 Å². The molecule has 0 spiro atoms. The van der Waals surface area contributed by atoms with E-state index in [0.29, 0.717) is 0 Å². The number of allylic oxidation sites excluding steroid dienone is 2. The molecule has 1 saturated carbocycles. The summed E-state index contributed by atoms with van der Waals surface area (Å²) < 4.78 is 0. The molecule has 0 aromatic carbocycles. The topological polar surface area (TPSA) is 57.5 Å². The standard InChI is InChI=1S/C14H22O3/c1-11-7-6-9-13(2,3)14(11,17)10-5-4-8-12(15)16/h4-5,8,10-11,17H,6-7,9H2,1-3H3,(H,15,16)/t11-,14+/m1/s1. The van der Waals surface area contributed by atoms with E-state index in [2.05, 4.69) is 13.8 Å². The molecule has 0 aromatic heterocycles. The van der Waals surface area contributed by atoms with E-state index in [4.69, 9.17) is 5.11 Å². The monoisotopic (exact) mass is 238 g/mol. The van der Waals surface area contributed by atoms with Crippen molar-refractivity contribution in [3.63, 3.8) is 0 Å². The van der Waals surface area contributed by atoms with Crippen LogP contribution in [0.5, 0.6) is 0 Å². The van der Waals surface area contributed by atoms with Gasteiger partial charge in [-0.25, -0.2) is 4.79 Å². The number of carboxylic acid groups (broad SMARTS) is 1. The summed E-state index contributed by atoms with van der Waals surface area (Å²) in [7, 11) is 0. The van der Waals surface area contributed by atoms with Crippen LogP contribution in [0.3, 0.4) is 0 Å². The van der Waals surface area contributed by atoms with Crippen molar-refractivity contribution in [1.29, 1.82) is 0 Å². The Bertz CT molecular complexity index is 341. The molecule has 1 fully saturated rings. The highest BCUT2D eigenvalue weighted by Gasteiger charge is 2.47. The number of carbonyl (C=O) groups is 1. The molecule has 0 unspecified atom stereocenters. The molecular weight excluding hydrogens is 216 g/mol. The quantitative estimate of drug-likeness (QED) is 0.587. The van der Waals surface area contributed by atoms with Gasteiger partial charge in [0, 0.05) is 6.08 Å². The zero-order valence-corrected chi connectivity index (χ0v) is 10.8. The minimum absolute atomic E-state index is 0.168. The van der Waals surface area contributed by atoms with E-state index < -0.39 is 11.6 Å². The van der Waals surface area contributed by atoms with E-state index in [9.17, 15) is 9.90 Å². The third kappa shape index (κ3) is 2.97.